The fraction of sp³-hybridized carbons (Fsp3) is 0.250. The highest BCUT2D eigenvalue weighted by Gasteiger charge is 2.24. The van der Waals surface area contributed by atoms with Crippen molar-refractivity contribution in [3.8, 4) is 16.9 Å². The molecular formula is C20H22O3. The minimum atomic E-state index is -0.517. The van der Waals surface area contributed by atoms with E-state index < -0.39 is 5.97 Å². The smallest absolute Gasteiger partial charge is 0.341 e. The number of methoxy groups -OCH3 is 1. The summed E-state index contributed by atoms with van der Waals surface area (Å²) in [5, 5.41) is 10.6. The number of esters is 1. The molecule has 0 atom stereocenters. The molecule has 1 N–H and O–H groups in total. The molecule has 3 heteroatoms. The number of carbonyl (C=O) groups is 1. The van der Waals surface area contributed by atoms with Crippen LogP contribution in [-0.4, -0.2) is 18.2 Å². The molecule has 0 saturated carbocycles. The maximum Gasteiger partial charge on any atom is 0.341 e. The molecule has 0 unspecified atom stereocenters. The molecule has 0 fully saturated rings. The highest BCUT2D eigenvalue weighted by molar-refractivity contribution is 5.98. The Morgan fingerprint density at radius 1 is 1.22 bits per heavy atom. The molecule has 0 spiro atoms. The quantitative estimate of drug-likeness (QED) is 0.649. The van der Waals surface area contributed by atoms with Crippen molar-refractivity contribution >= 4 is 5.97 Å². The van der Waals surface area contributed by atoms with Crippen molar-refractivity contribution in [2.45, 2.75) is 26.7 Å². The van der Waals surface area contributed by atoms with E-state index in [1.807, 2.05) is 44.2 Å². The minimum Gasteiger partial charge on any atom is -0.507 e. The van der Waals surface area contributed by atoms with E-state index in [-0.39, 0.29) is 11.3 Å². The molecule has 0 bridgehead atoms. The maximum atomic E-state index is 12.2. The van der Waals surface area contributed by atoms with Crippen LogP contribution in [-0.2, 0) is 11.2 Å². The van der Waals surface area contributed by atoms with Crippen LogP contribution in [0.3, 0.4) is 0 Å². The van der Waals surface area contributed by atoms with Crippen LogP contribution in [0.1, 0.15) is 33.5 Å². The lowest BCUT2D eigenvalue weighted by Gasteiger charge is -2.20. The summed E-state index contributed by atoms with van der Waals surface area (Å²) in [4.78, 5) is 12.2. The summed E-state index contributed by atoms with van der Waals surface area (Å²) in [5.74, 6) is -0.495. The lowest BCUT2D eigenvalue weighted by molar-refractivity contribution is 0.0596. The van der Waals surface area contributed by atoms with E-state index in [0.717, 1.165) is 34.2 Å². The number of allylic oxidation sites excluding steroid dienone is 1. The lowest BCUT2D eigenvalue weighted by atomic mass is 9.86. The Hall–Kier alpha value is -2.55. The van der Waals surface area contributed by atoms with Crippen molar-refractivity contribution in [2.75, 3.05) is 7.11 Å². The zero-order chi connectivity index (χ0) is 17.0. The molecule has 0 radical (unpaired) electrons. The van der Waals surface area contributed by atoms with Crippen LogP contribution in [0.15, 0.2) is 43.0 Å². The van der Waals surface area contributed by atoms with Gasteiger partial charge >= 0.3 is 5.97 Å². The van der Waals surface area contributed by atoms with Gasteiger partial charge in [0.2, 0.25) is 0 Å². The van der Waals surface area contributed by atoms with E-state index in [9.17, 15) is 9.90 Å². The highest BCUT2D eigenvalue weighted by atomic mass is 16.5. The molecule has 0 aliphatic carbocycles. The predicted molar refractivity (Wildman–Crippen MR) is 92.9 cm³/mol. The lowest BCUT2D eigenvalue weighted by Crippen LogP contribution is -2.09. The normalized spacial score (nSPS) is 10.4. The van der Waals surface area contributed by atoms with E-state index in [1.54, 1.807) is 6.08 Å². The monoisotopic (exact) mass is 310 g/mol. The largest absolute Gasteiger partial charge is 0.507 e. The van der Waals surface area contributed by atoms with Gasteiger partial charge in [-0.3, -0.25) is 0 Å². The summed E-state index contributed by atoms with van der Waals surface area (Å²) in [7, 11) is 1.33. The number of benzene rings is 2. The zero-order valence-electron chi connectivity index (χ0n) is 13.8. The number of rotatable bonds is 5. The molecule has 23 heavy (non-hydrogen) atoms. The molecule has 0 aliphatic heterocycles. The fourth-order valence-corrected chi connectivity index (χ4v) is 3.01. The van der Waals surface area contributed by atoms with Gasteiger partial charge in [-0.05, 0) is 54.5 Å². The molecular weight excluding hydrogens is 288 g/mol. The van der Waals surface area contributed by atoms with Crippen molar-refractivity contribution < 1.29 is 14.6 Å². The number of phenolic OH excluding ortho intramolecular Hbond substituents is 1. The molecule has 2 rings (SSSR count). The highest BCUT2D eigenvalue weighted by Crippen LogP contribution is 2.39. The fourth-order valence-electron chi connectivity index (χ4n) is 3.01. The van der Waals surface area contributed by atoms with Crippen molar-refractivity contribution in [3.05, 3.63) is 65.2 Å². The number of carbonyl (C=O) groups excluding carboxylic acids is 1. The van der Waals surface area contributed by atoms with Crippen molar-refractivity contribution in [1.29, 1.82) is 0 Å². The molecule has 0 aromatic heterocycles. The van der Waals surface area contributed by atoms with Crippen LogP contribution >= 0.6 is 0 Å². The first-order valence-corrected chi connectivity index (χ1v) is 7.62. The molecule has 3 nitrogen and oxygen atoms in total. The molecule has 0 saturated heterocycles. The Labute approximate surface area is 137 Å². The molecule has 120 valence electrons. The van der Waals surface area contributed by atoms with E-state index >= 15 is 0 Å². The van der Waals surface area contributed by atoms with Gasteiger partial charge in [-0.25, -0.2) is 4.79 Å². The van der Waals surface area contributed by atoms with Gasteiger partial charge in [0.25, 0.3) is 0 Å². The van der Waals surface area contributed by atoms with E-state index in [0.29, 0.717) is 6.42 Å². The Morgan fingerprint density at radius 2 is 1.87 bits per heavy atom. The number of hydrogen-bond acceptors (Lipinski definition) is 3. The topological polar surface area (TPSA) is 46.5 Å². The Kier molecular flexibility index (Phi) is 5.22. The van der Waals surface area contributed by atoms with Crippen LogP contribution in [0.25, 0.3) is 11.1 Å². The van der Waals surface area contributed by atoms with Gasteiger partial charge in [0.1, 0.15) is 11.3 Å². The number of phenols is 1. The second kappa shape index (κ2) is 7.14. The second-order valence-corrected chi connectivity index (χ2v) is 5.51. The standard InChI is InChI=1S/C20H22O3/c1-5-6-12-16-13(2)17(15-10-8-7-9-11-15)14(3)18(19(16)21)20(22)23-4/h5,7-11,21H,1,6,12H2,2-4H3. The van der Waals surface area contributed by atoms with Gasteiger partial charge in [0.15, 0.2) is 0 Å². The van der Waals surface area contributed by atoms with Gasteiger partial charge in [-0.1, -0.05) is 36.4 Å². The van der Waals surface area contributed by atoms with Gasteiger partial charge in [0.05, 0.1) is 7.11 Å². The third-order valence-electron chi connectivity index (χ3n) is 4.15. The molecule has 2 aromatic rings. The summed E-state index contributed by atoms with van der Waals surface area (Å²) < 4.78 is 4.87. The first-order valence-electron chi connectivity index (χ1n) is 7.62. The predicted octanol–water partition coefficient (Wildman–Crippen LogP) is 4.58. The van der Waals surface area contributed by atoms with Crippen molar-refractivity contribution in [3.63, 3.8) is 0 Å². The summed E-state index contributed by atoms with van der Waals surface area (Å²) in [5.41, 5.74) is 4.74. The molecule has 0 amide bonds. The molecule has 0 heterocycles. The number of aromatic hydroxyl groups is 1. The van der Waals surface area contributed by atoms with Crippen LogP contribution in [0.5, 0.6) is 5.75 Å². The second-order valence-electron chi connectivity index (χ2n) is 5.51. The third kappa shape index (κ3) is 3.14. The van der Waals surface area contributed by atoms with Gasteiger partial charge in [0, 0.05) is 0 Å². The molecule has 0 aliphatic rings. The number of hydrogen-bond donors (Lipinski definition) is 1. The molecule has 2 aromatic carbocycles. The van der Waals surface area contributed by atoms with Crippen molar-refractivity contribution in [1.82, 2.24) is 0 Å². The first-order chi connectivity index (χ1) is 11.0. The third-order valence-corrected chi connectivity index (χ3v) is 4.15. The Bertz CT molecular complexity index is 731. The average Bonchev–Trinajstić information content (AvgIpc) is 2.55. The van der Waals surface area contributed by atoms with Crippen LogP contribution in [0.4, 0.5) is 0 Å². The Morgan fingerprint density at radius 3 is 2.43 bits per heavy atom. The number of ether oxygens (including phenoxy) is 1. The van der Waals surface area contributed by atoms with E-state index in [2.05, 4.69) is 6.58 Å². The summed E-state index contributed by atoms with van der Waals surface area (Å²) >= 11 is 0. The summed E-state index contributed by atoms with van der Waals surface area (Å²) in [6.45, 7) is 7.56. The van der Waals surface area contributed by atoms with E-state index in [4.69, 9.17) is 4.74 Å². The summed E-state index contributed by atoms with van der Waals surface area (Å²) in [6.07, 6.45) is 3.16. The zero-order valence-corrected chi connectivity index (χ0v) is 13.8. The van der Waals surface area contributed by atoms with Gasteiger partial charge in [-0.15, -0.1) is 6.58 Å². The Balaban J connectivity index is 2.80. The SMILES string of the molecule is C=CCCc1c(C)c(-c2ccccc2)c(C)c(C(=O)OC)c1O. The van der Waals surface area contributed by atoms with Gasteiger partial charge < -0.3 is 9.84 Å². The summed E-state index contributed by atoms with van der Waals surface area (Å²) in [6, 6.07) is 9.88. The van der Waals surface area contributed by atoms with Gasteiger partial charge in [-0.2, -0.15) is 0 Å². The average molecular weight is 310 g/mol. The van der Waals surface area contributed by atoms with Crippen LogP contribution in [0, 0.1) is 13.8 Å². The maximum absolute atomic E-state index is 12.2. The van der Waals surface area contributed by atoms with Crippen LogP contribution < -0.4 is 0 Å². The van der Waals surface area contributed by atoms with E-state index in [1.165, 1.54) is 7.11 Å². The van der Waals surface area contributed by atoms with Crippen molar-refractivity contribution in [2.24, 2.45) is 0 Å². The van der Waals surface area contributed by atoms with Crippen LogP contribution in [0.2, 0.25) is 0 Å². The first kappa shape index (κ1) is 16.8. The minimum absolute atomic E-state index is 0.0216.